The molecular formula is C14H11F3N3O3PS. The molecule has 1 aliphatic rings. The topological polar surface area (TPSA) is 103 Å². The van der Waals surface area contributed by atoms with Crippen LogP contribution in [0.15, 0.2) is 46.6 Å². The Balaban J connectivity index is 2.00. The lowest BCUT2D eigenvalue weighted by molar-refractivity contribution is -0.166. The molecule has 1 aromatic heterocycles. The molecule has 0 spiro atoms. The summed E-state index contributed by atoms with van der Waals surface area (Å²) in [7, 11) is -2.97. The maximum absolute atomic E-state index is 12.7. The van der Waals surface area contributed by atoms with Crippen molar-refractivity contribution in [3.63, 3.8) is 0 Å². The second-order valence-corrected chi connectivity index (χ2v) is 6.94. The van der Waals surface area contributed by atoms with E-state index < -0.39 is 20.4 Å². The standard InChI is InChI=1S/C14H11F3N3O3PS/c15-14(16,17)12(18)9-6-25-13(19-9)11(21)8-5-20(24(22)23)10-4-2-1-3-7(8)10/h1-6,12,19,21H,18H2. The van der Waals surface area contributed by atoms with Crippen molar-refractivity contribution < 1.29 is 27.7 Å². The molecule has 0 aliphatic carbocycles. The number of benzene rings is 1. The lowest BCUT2D eigenvalue weighted by Gasteiger charge is -2.17. The van der Waals surface area contributed by atoms with Crippen LogP contribution < -0.4 is 15.9 Å². The zero-order chi connectivity index (χ0) is 18.4. The minimum atomic E-state index is -4.62. The minimum Gasteiger partial charge on any atom is -0.573 e. The summed E-state index contributed by atoms with van der Waals surface area (Å²) in [6.45, 7) is 0. The molecule has 2 heterocycles. The number of aliphatic hydroxyl groups is 1. The van der Waals surface area contributed by atoms with Crippen LogP contribution in [-0.2, 0) is 4.57 Å². The number of nitrogens with one attached hydrogen (secondary N) is 1. The zero-order valence-electron chi connectivity index (χ0n) is 12.3. The van der Waals surface area contributed by atoms with Gasteiger partial charge in [-0.2, -0.15) is 13.2 Å². The van der Waals surface area contributed by atoms with E-state index in [1.165, 1.54) is 6.20 Å². The predicted octanol–water partition coefficient (Wildman–Crippen LogP) is 2.76. The van der Waals surface area contributed by atoms with Crippen molar-refractivity contribution in [1.82, 2.24) is 9.65 Å². The van der Waals surface area contributed by atoms with Crippen LogP contribution in [0.3, 0.4) is 0 Å². The molecule has 1 aliphatic heterocycles. The van der Waals surface area contributed by atoms with E-state index in [0.717, 1.165) is 21.5 Å². The van der Waals surface area contributed by atoms with Crippen molar-refractivity contribution in [2.24, 2.45) is 5.73 Å². The molecule has 3 rings (SSSR count). The molecule has 11 heteroatoms. The van der Waals surface area contributed by atoms with Crippen LogP contribution in [0.1, 0.15) is 5.56 Å². The molecule has 2 aromatic rings. The van der Waals surface area contributed by atoms with Gasteiger partial charge in [0.05, 0.1) is 11.7 Å². The smallest absolute Gasteiger partial charge is 0.444 e. The third-order valence-electron chi connectivity index (χ3n) is 3.59. The molecule has 0 bridgehead atoms. The molecule has 0 radical (unpaired) electrons. The fourth-order valence-corrected chi connectivity index (χ4v) is 3.77. The van der Waals surface area contributed by atoms with Crippen molar-refractivity contribution in [2.45, 2.75) is 12.2 Å². The Morgan fingerprint density at radius 3 is 2.72 bits per heavy atom. The van der Waals surface area contributed by atoms with Crippen molar-refractivity contribution >= 4 is 36.6 Å². The van der Waals surface area contributed by atoms with Crippen molar-refractivity contribution in [3.8, 4) is 0 Å². The molecule has 4 N–H and O–H groups in total. The van der Waals surface area contributed by atoms with Crippen LogP contribution in [0.2, 0.25) is 0 Å². The highest BCUT2D eigenvalue weighted by Crippen LogP contribution is 2.38. The number of alkyl halides is 3. The predicted molar refractivity (Wildman–Crippen MR) is 87.3 cm³/mol. The summed E-state index contributed by atoms with van der Waals surface area (Å²) in [5.74, 6) is -0.363. The SMILES string of the molecule is NC(C1=CSC(=C(O)c2cn([P+](=O)[O-])c3ccccc23)N1)C(F)(F)F. The lowest BCUT2D eigenvalue weighted by Crippen LogP contribution is -2.42. The lowest BCUT2D eigenvalue weighted by atomic mass is 10.1. The second kappa shape index (κ2) is 6.38. The third kappa shape index (κ3) is 3.25. The molecule has 0 amide bonds. The molecule has 6 nitrogen and oxygen atoms in total. The van der Waals surface area contributed by atoms with Crippen LogP contribution in [0.25, 0.3) is 16.7 Å². The number of thioether (sulfide) groups is 1. The number of nitrogens with two attached hydrogens (primary N) is 1. The van der Waals surface area contributed by atoms with Gasteiger partial charge in [-0.25, -0.2) is 0 Å². The Morgan fingerprint density at radius 1 is 1.40 bits per heavy atom. The van der Waals surface area contributed by atoms with E-state index in [-0.39, 0.29) is 22.0 Å². The van der Waals surface area contributed by atoms with E-state index in [9.17, 15) is 27.7 Å². The van der Waals surface area contributed by atoms with Gasteiger partial charge in [0.25, 0.3) is 0 Å². The van der Waals surface area contributed by atoms with Gasteiger partial charge in [0.1, 0.15) is 11.1 Å². The number of halogens is 3. The normalized spacial score (nSPS) is 18.8. The molecule has 0 saturated heterocycles. The highest BCUT2D eigenvalue weighted by atomic mass is 32.2. The number of hydrogen-bond acceptors (Lipinski definition) is 6. The first-order valence-electron chi connectivity index (χ1n) is 6.84. The van der Waals surface area contributed by atoms with Crippen molar-refractivity contribution in [3.05, 3.63) is 52.2 Å². The first-order valence-corrected chi connectivity index (χ1v) is 8.85. The first-order chi connectivity index (χ1) is 11.7. The maximum atomic E-state index is 12.7. The Bertz CT molecular complexity index is 923. The molecule has 2 atom stereocenters. The quantitative estimate of drug-likeness (QED) is 0.551. The number of rotatable bonds is 3. The molecular weight excluding hydrogens is 378 g/mol. The summed E-state index contributed by atoms with van der Waals surface area (Å²) in [6, 6.07) is 4.25. The summed E-state index contributed by atoms with van der Waals surface area (Å²) in [4.78, 5) is 11.4. The van der Waals surface area contributed by atoms with Crippen LogP contribution in [0.4, 0.5) is 13.2 Å². The van der Waals surface area contributed by atoms with E-state index in [1.807, 2.05) is 0 Å². The van der Waals surface area contributed by atoms with Gasteiger partial charge in [-0.15, -0.1) is 4.34 Å². The zero-order valence-corrected chi connectivity index (χ0v) is 14.0. The average Bonchev–Trinajstić information content (AvgIpc) is 3.17. The van der Waals surface area contributed by atoms with Crippen molar-refractivity contribution in [1.29, 1.82) is 0 Å². The van der Waals surface area contributed by atoms with E-state index in [1.54, 1.807) is 24.3 Å². The van der Waals surface area contributed by atoms with Gasteiger partial charge in [-0.1, -0.05) is 30.0 Å². The molecule has 2 unspecified atom stereocenters. The number of para-hydroxylation sites is 1. The van der Waals surface area contributed by atoms with Crippen LogP contribution in [-0.4, -0.2) is 21.7 Å². The van der Waals surface area contributed by atoms with Gasteiger partial charge in [0.2, 0.25) is 0 Å². The molecule has 0 saturated carbocycles. The van der Waals surface area contributed by atoms with Gasteiger partial charge in [0, 0.05) is 16.6 Å². The van der Waals surface area contributed by atoms with Crippen LogP contribution in [0, 0.1) is 0 Å². The van der Waals surface area contributed by atoms with Crippen molar-refractivity contribution in [2.75, 3.05) is 0 Å². The summed E-state index contributed by atoms with van der Waals surface area (Å²) in [5, 5.41) is 14.5. The van der Waals surface area contributed by atoms with Gasteiger partial charge in [0.15, 0.2) is 5.76 Å². The van der Waals surface area contributed by atoms with Gasteiger partial charge >= 0.3 is 14.4 Å². The van der Waals surface area contributed by atoms with E-state index >= 15 is 0 Å². The molecule has 132 valence electrons. The fraction of sp³-hybridized carbons (Fsp3) is 0.143. The molecule has 1 aromatic carbocycles. The third-order valence-corrected chi connectivity index (χ3v) is 5.17. The summed E-state index contributed by atoms with van der Waals surface area (Å²) < 4.78 is 50.4. The Labute approximate surface area is 144 Å². The Morgan fingerprint density at radius 2 is 2.08 bits per heavy atom. The summed E-state index contributed by atoms with van der Waals surface area (Å²) in [5.41, 5.74) is 5.37. The monoisotopic (exact) mass is 389 g/mol. The minimum absolute atomic E-state index is 0.0405. The van der Waals surface area contributed by atoms with Gasteiger partial charge < -0.3 is 21.1 Å². The van der Waals surface area contributed by atoms with Crippen LogP contribution >= 0.6 is 19.9 Å². The summed E-state index contributed by atoms with van der Waals surface area (Å²) in [6.07, 6.45) is -3.41. The summed E-state index contributed by atoms with van der Waals surface area (Å²) >= 11 is 0.840. The highest BCUT2D eigenvalue weighted by molar-refractivity contribution is 8.06. The van der Waals surface area contributed by atoms with E-state index in [4.69, 9.17) is 5.73 Å². The fourth-order valence-electron chi connectivity index (χ4n) is 2.36. The number of nitrogens with zero attached hydrogens (tertiary/aromatic N) is 1. The Hall–Kier alpha value is -2.00. The van der Waals surface area contributed by atoms with Crippen LogP contribution in [0.5, 0.6) is 0 Å². The molecule has 25 heavy (non-hydrogen) atoms. The largest absolute Gasteiger partial charge is 0.573 e. The van der Waals surface area contributed by atoms with Gasteiger partial charge in [-0.05, 0) is 16.0 Å². The highest BCUT2D eigenvalue weighted by Gasteiger charge is 2.41. The number of hydrogen-bond donors (Lipinski definition) is 3. The number of aliphatic hydroxyl groups excluding tert-OH is 1. The number of aromatic nitrogens is 1. The first kappa shape index (κ1) is 17.8. The van der Waals surface area contributed by atoms with E-state index in [2.05, 4.69) is 5.32 Å². The Kier molecular flexibility index (Phi) is 4.54. The molecule has 0 fully saturated rings. The van der Waals surface area contributed by atoms with Gasteiger partial charge in [-0.3, -0.25) is 0 Å². The number of fused-ring (bicyclic) bond motifs is 1. The second-order valence-electron chi connectivity index (χ2n) is 5.16. The maximum Gasteiger partial charge on any atom is 0.444 e. The average molecular weight is 389 g/mol. The van der Waals surface area contributed by atoms with E-state index in [0.29, 0.717) is 10.9 Å².